The molecule has 106 valence electrons. The standard InChI is InChI=1S/C15H24N2OS/c1-3-4-5-9-19-10-8-15(18)17-14-7-6-13(16)11-12(14)2/h6-7,11H,3-5,8-10,16H2,1-2H3,(H,17,18). The Morgan fingerprint density at radius 1 is 1.32 bits per heavy atom. The first-order valence-electron chi connectivity index (χ1n) is 6.87. The van der Waals surface area contributed by atoms with E-state index in [1.165, 1.54) is 19.3 Å². The zero-order valence-corrected chi connectivity index (χ0v) is 12.7. The van der Waals surface area contributed by atoms with E-state index in [1.807, 2.05) is 36.9 Å². The molecule has 0 radical (unpaired) electrons. The molecule has 0 saturated heterocycles. The highest BCUT2D eigenvalue weighted by atomic mass is 32.2. The average Bonchev–Trinajstić information content (AvgIpc) is 2.37. The summed E-state index contributed by atoms with van der Waals surface area (Å²) >= 11 is 1.86. The quantitative estimate of drug-likeness (QED) is 0.562. The number of hydrogen-bond acceptors (Lipinski definition) is 3. The zero-order valence-electron chi connectivity index (χ0n) is 11.9. The molecule has 0 aliphatic rings. The Balaban J connectivity index is 2.23. The number of benzene rings is 1. The molecule has 1 aromatic rings. The topological polar surface area (TPSA) is 55.1 Å². The summed E-state index contributed by atoms with van der Waals surface area (Å²) in [5.74, 6) is 2.13. The number of carbonyl (C=O) groups is 1. The van der Waals surface area contributed by atoms with Gasteiger partial charge in [0, 0.05) is 23.5 Å². The van der Waals surface area contributed by atoms with E-state index in [9.17, 15) is 4.79 Å². The second kappa shape index (κ2) is 8.86. The van der Waals surface area contributed by atoms with E-state index in [-0.39, 0.29) is 5.91 Å². The molecule has 1 aromatic carbocycles. The van der Waals surface area contributed by atoms with Crippen molar-refractivity contribution < 1.29 is 4.79 Å². The van der Waals surface area contributed by atoms with Gasteiger partial charge in [-0.05, 0) is 42.9 Å². The van der Waals surface area contributed by atoms with Gasteiger partial charge in [-0.25, -0.2) is 0 Å². The third-order valence-electron chi connectivity index (χ3n) is 2.89. The number of thioether (sulfide) groups is 1. The molecule has 3 N–H and O–H groups in total. The molecule has 1 amide bonds. The number of hydrogen-bond donors (Lipinski definition) is 2. The van der Waals surface area contributed by atoms with Crippen LogP contribution in [0.25, 0.3) is 0 Å². The molecule has 3 nitrogen and oxygen atoms in total. The van der Waals surface area contributed by atoms with Crippen molar-refractivity contribution in [1.29, 1.82) is 0 Å². The van der Waals surface area contributed by atoms with Crippen molar-refractivity contribution in [2.24, 2.45) is 0 Å². The molecule has 0 bridgehead atoms. The number of amides is 1. The van der Waals surface area contributed by atoms with Crippen LogP contribution in [0.15, 0.2) is 18.2 Å². The monoisotopic (exact) mass is 280 g/mol. The van der Waals surface area contributed by atoms with Crippen LogP contribution in [0.5, 0.6) is 0 Å². The molecule has 0 atom stereocenters. The smallest absolute Gasteiger partial charge is 0.225 e. The SMILES string of the molecule is CCCCCSCCC(=O)Nc1ccc(N)cc1C. The highest BCUT2D eigenvalue weighted by Gasteiger charge is 2.04. The number of rotatable bonds is 8. The minimum atomic E-state index is 0.0795. The number of aryl methyl sites for hydroxylation is 1. The second-order valence-corrected chi connectivity index (χ2v) is 5.92. The molecule has 0 aromatic heterocycles. The average molecular weight is 280 g/mol. The maximum atomic E-state index is 11.8. The van der Waals surface area contributed by atoms with Crippen LogP contribution in [0.2, 0.25) is 0 Å². The zero-order chi connectivity index (χ0) is 14.1. The largest absolute Gasteiger partial charge is 0.399 e. The van der Waals surface area contributed by atoms with Crippen molar-refractivity contribution in [3.05, 3.63) is 23.8 Å². The Morgan fingerprint density at radius 3 is 2.79 bits per heavy atom. The maximum Gasteiger partial charge on any atom is 0.225 e. The van der Waals surface area contributed by atoms with Gasteiger partial charge in [-0.15, -0.1) is 0 Å². The second-order valence-electron chi connectivity index (χ2n) is 4.69. The van der Waals surface area contributed by atoms with Gasteiger partial charge in [0.25, 0.3) is 0 Å². The molecule has 0 spiro atoms. The van der Waals surface area contributed by atoms with E-state index in [0.717, 1.165) is 28.4 Å². The van der Waals surface area contributed by atoms with Crippen LogP contribution in [0.4, 0.5) is 11.4 Å². The summed E-state index contributed by atoms with van der Waals surface area (Å²) in [4.78, 5) is 11.8. The van der Waals surface area contributed by atoms with Gasteiger partial charge >= 0.3 is 0 Å². The number of nitrogens with one attached hydrogen (secondary N) is 1. The van der Waals surface area contributed by atoms with Crippen LogP contribution in [-0.4, -0.2) is 17.4 Å². The summed E-state index contributed by atoms with van der Waals surface area (Å²) < 4.78 is 0. The minimum absolute atomic E-state index is 0.0795. The van der Waals surface area contributed by atoms with E-state index in [0.29, 0.717) is 6.42 Å². The lowest BCUT2D eigenvalue weighted by molar-refractivity contribution is -0.115. The van der Waals surface area contributed by atoms with Crippen LogP contribution >= 0.6 is 11.8 Å². The Hall–Kier alpha value is -1.16. The molecule has 0 aliphatic heterocycles. The Kier molecular flexibility index (Phi) is 7.41. The highest BCUT2D eigenvalue weighted by Crippen LogP contribution is 2.18. The lowest BCUT2D eigenvalue weighted by Crippen LogP contribution is -2.13. The van der Waals surface area contributed by atoms with Crippen molar-refractivity contribution in [3.8, 4) is 0 Å². The minimum Gasteiger partial charge on any atom is -0.399 e. The van der Waals surface area contributed by atoms with Gasteiger partial charge < -0.3 is 11.1 Å². The maximum absolute atomic E-state index is 11.8. The van der Waals surface area contributed by atoms with Crippen LogP contribution in [-0.2, 0) is 4.79 Å². The lowest BCUT2D eigenvalue weighted by atomic mass is 10.2. The fraction of sp³-hybridized carbons (Fsp3) is 0.533. The van der Waals surface area contributed by atoms with Crippen molar-refractivity contribution >= 4 is 29.0 Å². The summed E-state index contributed by atoms with van der Waals surface area (Å²) in [7, 11) is 0. The van der Waals surface area contributed by atoms with Crippen molar-refractivity contribution in [2.75, 3.05) is 22.6 Å². The molecule has 19 heavy (non-hydrogen) atoms. The third kappa shape index (κ3) is 6.53. The summed E-state index contributed by atoms with van der Waals surface area (Å²) in [6, 6.07) is 5.54. The van der Waals surface area contributed by atoms with E-state index in [2.05, 4.69) is 12.2 Å². The van der Waals surface area contributed by atoms with Crippen molar-refractivity contribution in [2.45, 2.75) is 39.5 Å². The van der Waals surface area contributed by atoms with Crippen molar-refractivity contribution in [1.82, 2.24) is 0 Å². The normalized spacial score (nSPS) is 10.4. The van der Waals surface area contributed by atoms with Gasteiger partial charge in [0.05, 0.1) is 0 Å². The van der Waals surface area contributed by atoms with Crippen LogP contribution in [0.3, 0.4) is 0 Å². The van der Waals surface area contributed by atoms with Crippen molar-refractivity contribution in [3.63, 3.8) is 0 Å². The van der Waals surface area contributed by atoms with Gasteiger partial charge in [-0.2, -0.15) is 11.8 Å². The third-order valence-corrected chi connectivity index (χ3v) is 3.96. The fourth-order valence-corrected chi connectivity index (χ4v) is 2.70. The molecular formula is C15H24N2OS. The summed E-state index contributed by atoms with van der Waals surface area (Å²) in [6.45, 7) is 4.15. The first-order chi connectivity index (χ1) is 9.13. The summed E-state index contributed by atoms with van der Waals surface area (Å²) in [5, 5.41) is 2.93. The van der Waals surface area contributed by atoms with Crippen LogP contribution in [0, 0.1) is 6.92 Å². The number of carbonyl (C=O) groups excluding carboxylic acids is 1. The molecule has 0 saturated carbocycles. The van der Waals surface area contributed by atoms with Crippen LogP contribution < -0.4 is 11.1 Å². The number of anilines is 2. The first-order valence-corrected chi connectivity index (χ1v) is 8.02. The molecule has 0 heterocycles. The van der Waals surface area contributed by atoms with Gasteiger partial charge in [0.1, 0.15) is 0 Å². The number of unbranched alkanes of at least 4 members (excludes halogenated alkanes) is 2. The van der Waals surface area contributed by atoms with Gasteiger partial charge in [-0.3, -0.25) is 4.79 Å². The molecule has 0 fully saturated rings. The van der Waals surface area contributed by atoms with E-state index in [4.69, 9.17) is 5.73 Å². The van der Waals surface area contributed by atoms with Gasteiger partial charge in [-0.1, -0.05) is 19.8 Å². The number of nitrogen functional groups attached to an aromatic ring is 1. The molecule has 1 rings (SSSR count). The molecule has 4 heteroatoms. The molecule has 0 unspecified atom stereocenters. The predicted molar refractivity (Wildman–Crippen MR) is 85.7 cm³/mol. The van der Waals surface area contributed by atoms with Gasteiger partial charge in [0.15, 0.2) is 0 Å². The van der Waals surface area contributed by atoms with Gasteiger partial charge in [0.2, 0.25) is 5.91 Å². The first kappa shape index (κ1) is 15.9. The van der Waals surface area contributed by atoms with E-state index < -0.39 is 0 Å². The summed E-state index contributed by atoms with van der Waals surface area (Å²) in [6.07, 6.45) is 4.35. The molecule has 0 aliphatic carbocycles. The molecular weight excluding hydrogens is 256 g/mol. The Labute approximate surface area is 120 Å². The number of nitrogens with two attached hydrogens (primary N) is 1. The van der Waals surface area contributed by atoms with E-state index >= 15 is 0 Å². The lowest BCUT2D eigenvalue weighted by Gasteiger charge is -2.09. The summed E-state index contributed by atoms with van der Waals surface area (Å²) in [5.41, 5.74) is 8.26. The van der Waals surface area contributed by atoms with E-state index in [1.54, 1.807) is 0 Å². The fourth-order valence-electron chi connectivity index (χ4n) is 1.76. The Bertz CT molecular complexity index is 407. The predicted octanol–water partition coefficient (Wildman–Crippen LogP) is 3.83. The highest BCUT2D eigenvalue weighted by molar-refractivity contribution is 7.99. The Morgan fingerprint density at radius 2 is 2.11 bits per heavy atom. The van der Waals surface area contributed by atoms with Crippen LogP contribution in [0.1, 0.15) is 38.2 Å².